The van der Waals surface area contributed by atoms with Gasteiger partial charge in [-0.25, -0.2) is 10.8 Å². The molecule has 0 amide bonds. The minimum Gasteiger partial charge on any atom is -0.387 e. The molecule has 0 aliphatic rings. The average molecular weight is 234 g/mol. The lowest BCUT2D eigenvalue weighted by molar-refractivity contribution is 0.688. The largest absolute Gasteiger partial charge is 0.387 e. The molecule has 4 N–H and O–H groups in total. The van der Waals surface area contributed by atoms with E-state index in [1.54, 1.807) is 11.9 Å². The number of unbranched alkanes of at least 4 members (excludes halogenated alkanes) is 2. The summed E-state index contributed by atoms with van der Waals surface area (Å²) in [6.07, 6.45) is 3.47. The first-order valence-corrected chi connectivity index (χ1v) is 6.07. The van der Waals surface area contributed by atoms with Gasteiger partial charge in [0.15, 0.2) is 0 Å². The molecule has 0 heterocycles. The highest BCUT2D eigenvalue weighted by Crippen LogP contribution is 2.26. The molecule has 0 bridgehead atoms. The molecule has 0 radical (unpaired) electrons. The number of nitrogens with zero attached hydrogens (tertiary/aromatic N) is 2. The standard InChI is InChI=1S/C13H22N4/c1-3-4-7-10-17(15)13-9-6-5-8-12(13)16-11(2)14/h5-6,8-9H,3-4,7,10,15H2,1-2H3,(H2,14,16). The Labute approximate surface area is 103 Å². The second kappa shape index (κ2) is 6.91. The zero-order valence-electron chi connectivity index (χ0n) is 10.7. The van der Waals surface area contributed by atoms with Crippen LogP contribution in [0.2, 0.25) is 0 Å². The Kier molecular flexibility index (Phi) is 5.49. The topological polar surface area (TPSA) is 67.6 Å². The molecule has 94 valence electrons. The van der Waals surface area contributed by atoms with Crippen LogP contribution >= 0.6 is 0 Å². The Bertz CT molecular complexity index is 369. The van der Waals surface area contributed by atoms with Gasteiger partial charge in [-0.05, 0) is 25.5 Å². The predicted molar refractivity (Wildman–Crippen MR) is 74.5 cm³/mol. The van der Waals surface area contributed by atoms with E-state index < -0.39 is 0 Å². The van der Waals surface area contributed by atoms with Crippen LogP contribution in [0.3, 0.4) is 0 Å². The van der Waals surface area contributed by atoms with Crippen LogP contribution in [0.15, 0.2) is 29.3 Å². The van der Waals surface area contributed by atoms with Crippen molar-refractivity contribution in [2.45, 2.75) is 33.1 Å². The summed E-state index contributed by atoms with van der Waals surface area (Å²) in [5, 5.41) is 1.75. The van der Waals surface area contributed by atoms with Crippen molar-refractivity contribution in [2.24, 2.45) is 16.6 Å². The van der Waals surface area contributed by atoms with Crippen LogP contribution in [-0.4, -0.2) is 12.4 Å². The Balaban J connectivity index is 2.78. The van der Waals surface area contributed by atoms with Crippen LogP contribution < -0.4 is 16.6 Å². The molecule has 1 aromatic carbocycles. The Morgan fingerprint density at radius 1 is 1.29 bits per heavy atom. The highest BCUT2D eigenvalue weighted by molar-refractivity contribution is 5.83. The normalized spacial score (nSPS) is 11.6. The molecule has 0 saturated carbocycles. The van der Waals surface area contributed by atoms with Gasteiger partial charge in [0.2, 0.25) is 0 Å². The van der Waals surface area contributed by atoms with Gasteiger partial charge >= 0.3 is 0 Å². The first-order valence-electron chi connectivity index (χ1n) is 6.07. The van der Waals surface area contributed by atoms with E-state index in [1.807, 2.05) is 24.3 Å². The van der Waals surface area contributed by atoms with E-state index in [9.17, 15) is 0 Å². The molecule has 0 aliphatic heterocycles. The molecule has 0 aromatic heterocycles. The number of para-hydroxylation sites is 2. The lowest BCUT2D eigenvalue weighted by Gasteiger charge is -2.20. The first-order chi connectivity index (χ1) is 8.15. The number of hydrogen-bond donors (Lipinski definition) is 2. The summed E-state index contributed by atoms with van der Waals surface area (Å²) in [6.45, 7) is 4.79. The van der Waals surface area contributed by atoms with E-state index in [-0.39, 0.29) is 0 Å². The van der Waals surface area contributed by atoms with E-state index in [1.165, 1.54) is 12.8 Å². The van der Waals surface area contributed by atoms with Crippen molar-refractivity contribution < 1.29 is 0 Å². The van der Waals surface area contributed by atoms with Crippen LogP contribution in [0.4, 0.5) is 11.4 Å². The van der Waals surface area contributed by atoms with E-state index in [4.69, 9.17) is 11.6 Å². The third-order valence-electron chi connectivity index (χ3n) is 2.49. The number of hydrazine groups is 1. The van der Waals surface area contributed by atoms with Gasteiger partial charge < -0.3 is 10.7 Å². The molecule has 0 spiro atoms. The summed E-state index contributed by atoms with van der Waals surface area (Å²) in [5.41, 5.74) is 7.36. The van der Waals surface area contributed by atoms with Crippen LogP contribution in [0.1, 0.15) is 33.1 Å². The van der Waals surface area contributed by atoms with Crippen molar-refractivity contribution in [2.75, 3.05) is 11.6 Å². The SMILES string of the molecule is CCCCCN(N)c1ccccc1N=C(C)N. The molecule has 17 heavy (non-hydrogen) atoms. The van der Waals surface area contributed by atoms with Gasteiger partial charge in [-0.1, -0.05) is 31.9 Å². The fraction of sp³-hybridized carbons (Fsp3) is 0.462. The molecule has 0 saturated heterocycles. The Hall–Kier alpha value is -1.55. The summed E-state index contributed by atoms with van der Waals surface area (Å²) in [7, 11) is 0. The smallest absolute Gasteiger partial charge is 0.0965 e. The number of amidine groups is 1. The molecular formula is C13H22N4. The van der Waals surface area contributed by atoms with Crippen molar-refractivity contribution in [3.05, 3.63) is 24.3 Å². The summed E-state index contributed by atoms with van der Waals surface area (Å²) in [4.78, 5) is 4.28. The fourth-order valence-electron chi connectivity index (χ4n) is 1.64. The third kappa shape index (κ3) is 4.44. The maximum atomic E-state index is 6.04. The minimum atomic E-state index is 0.541. The van der Waals surface area contributed by atoms with Gasteiger partial charge in [-0.2, -0.15) is 0 Å². The highest BCUT2D eigenvalue weighted by atomic mass is 15.4. The monoisotopic (exact) mass is 234 g/mol. The third-order valence-corrected chi connectivity index (χ3v) is 2.49. The van der Waals surface area contributed by atoms with Crippen LogP contribution in [0, 0.1) is 0 Å². The second-order valence-electron chi connectivity index (χ2n) is 4.14. The Morgan fingerprint density at radius 2 is 2.00 bits per heavy atom. The Morgan fingerprint density at radius 3 is 2.65 bits per heavy atom. The van der Waals surface area contributed by atoms with Gasteiger partial charge in [0, 0.05) is 6.54 Å². The van der Waals surface area contributed by atoms with Crippen molar-refractivity contribution in [3.8, 4) is 0 Å². The van der Waals surface area contributed by atoms with E-state index in [0.717, 1.165) is 24.3 Å². The van der Waals surface area contributed by atoms with Gasteiger partial charge in [-0.15, -0.1) is 0 Å². The number of benzene rings is 1. The number of hydrogen-bond acceptors (Lipinski definition) is 3. The van der Waals surface area contributed by atoms with Gasteiger partial charge in [0.1, 0.15) is 0 Å². The molecule has 0 fully saturated rings. The van der Waals surface area contributed by atoms with Crippen molar-refractivity contribution in [1.82, 2.24) is 0 Å². The van der Waals surface area contributed by atoms with Crippen LogP contribution in [0.5, 0.6) is 0 Å². The van der Waals surface area contributed by atoms with Crippen molar-refractivity contribution >= 4 is 17.2 Å². The first kappa shape index (κ1) is 13.5. The molecule has 0 unspecified atom stereocenters. The maximum absolute atomic E-state index is 6.04. The average Bonchev–Trinajstić information content (AvgIpc) is 2.29. The number of nitrogens with two attached hydrogens (primary N) is 2. The highest BCUT2D eigenvalue weighted by Gasteiger charge is 2.06. The van der Waals surface area contributed by atoms with Crippen molar-refractivity contribution in [1.29, 1.82) is 0 Å². The molecule has 0 atom stereocenters. The van der Waals surface area contributed by atoms with E-state index >= 15 is 0 Å². The number of anilines is 1. The minimum absolute atomic E-state index is 0.541. The van der Waals surface area contributed by atoms with Gasteiger partial charge in [0.05, 0.1) is 17.2 Å². The molecule has 1 rings (SSSR count). The number of rotatable bonds is 6. The van der Waals surface area contributed by atoms with E-state index in [2.05, 4.69) is 11.9 Å². The summed E-state index contributed by atoms with van der Waals surface area (Å²) >= 11 is 0. The predicted octanol–water partition coefficient (Wildman–Crippen LogP) is 2.57. The van der Waals surface area contributed by atoms with Gasteiger partial charge in [-0.3, -0.25) is 0 Å². The summed E-state index contributed by atoms with van der Waals surface area (Å²) in [6, 6.07) is 7.78. The molecule has 1 aromatic rings. The molecular weight excluding hydrogens is 212 g/mol. The fourth-order valence-corrected chi connectivity index (χ4v) is 1.64. The van der Waals surface area contributed by atoms with Crippen LogP contribution in [0.25, 0.3) is 0 Å². The zero-order valence-corrected chi connectivity index (χ0v) is 10.7. The quantitative estimate of drug-likeness (QED) is 0.261. The van der Waals surface area contributed by atoms with E-state index in [0.29, 0.717) is 5.84 Å². The lowest BCUT2D eigenvalue weighted by Crippen LogP contribution is -2.31. The molecule has 4 nitrogen and oxygen atoms in total. The molecule has 4 heteroatoms. The second-order valence-corrected chi connectivity index (χ2v) is 4.14. The van der Waals surface area contributed by atoms with Crippen LogP contribution in [-0.2, 0) is 0 Å². The maximum Gasteiger partial charge on any atom is 0.0965 e. The lowest BCUT2D eigenvalue weighted by atomic mass is 10.2. The zero-order chi connectivity index (χ0) is 12.7. The summed E-state index contributed by atoms with van der Waals surface area (Å²) < 4.78 is 0. The summed E-state index contributed by atoms with van der Waals surface area (Å²) in [5.74, 6) is 6.58. The van der Waals surface area contributed by atoms with Crippen molar-refractivity contribution in [3.63, 3.8) is 0 Å². The molecule has 0 aliphatic carbocycles. The van der Waals surface area contributed by atoms with Gasteiger partial charge in [0.25, 0.3) is 0 Å². The number of aliphatic imine (C=N–C) groups is 1.